The molecule has 0 radical (unpaired) electrons. The van der Waals surface area contributed by atoms with Crippen molar-refractivity contribution in [3.05, 3.63) is 36.7 Å². The Hall–Kier alpha value is -3.24. The number of pyridine rings is 1. The number of carbonyl (C=O) groups excluding carboxylic acids is 1. The molecule has 0 aliphatic carbocycles. The Balaban J connectivity index is 1.59. The molecule has 4 rings (SSSR count). The molecule has 3 aromatic rings. The first-order chi connectivity index (χ1) is 12.8. The predicted octanol–water partition coefficient (Wildman–Crippen LogP) is 1.63. The SMILES string of the molecule is Cn1cnc2c(N3CCN(c4ccnc(C(F)(F)F)c4)C(=O)C3)ncnc21. The first-order valence-electron chi connectivity index (χ1n) is 8.05. The summed E-state index contributed by atoms with van der Waals surface area (Å²) in [5.74, 6) is 0.197. The maximum Gasteiger partial charge on any atom is 0.433 e. The number of aromatic nitrogens is 5. The molecule has 0 aromatic carbocycles. The number of aryl methyl sites for hydroxylation is 1. The number of hydrogen-bond donors (Lipinski definition) is 0. The molecule has 1 fully saturated rings. The second-order valence-corrected chi connectivity index (χ2v) is 6.09. The molecule has 8 nitrogen and oxygen atoms in total. The lowest BCUT2D eigenvalue weighted by Gasteiger charge is -2.35. The quantitative estimate of drug-likeness (QED) is 0.675. The monoisotopic (exact) mass is 377 g/mol. The smallest absolute Gasteiger partial charge is 0.344 e. The molecule has 0 spiro atoms. The normalized spacial score (nSPS) is 15.6. The summed E-state index contributed by atoms with van der Waals surface area (Å²) in [6, 6.07) is 2.28. The van der Waals surface area contributed by atoms with E-state index in [1.54, 1.807) is 22.8 Å². The van der Waals surface area contributed by atoms with Gasteiger partial charge in [0.25, 0.3) is 0 Å². The summed E-state index contributed by atoms with van der Waals surface area (Å²) >= 11 is 0. The van der Waals surface area contributed by atoms with Gasteiger partial charge in [0, 0.05) is 32.0 Å². The third kappa shape index (κ3) is 3.04. The lowest BCUT2D eigenvalue weighted by Crippen LogP contribution is -2.51. The maximum absolute atomic E-state index is 12.9. The van der Waals surface area contributed by atoms with Gasteiger partial charge >= 0.3 is 6.18 Å². The first kappa shape index (κ1) is 17.2. The lowest BCUT2D eigenvalue weighted by molar-refractivity contribution is -0.141. The summed E-state index contributed by atoms with van der Waals surface area (Å²) in [4.78, 5) is 31.7. The number of hydrogen-bond acceptors (Lipinski definition) is 6. The molecule has 0 bridgehead atoms. The van der Waals surface area contributed by atoms with Crippen LogP contribution in [0, 0.1) is 0 Å². The number of amides is 1. The molecule has 1 amide bonds. The zero-order valence-corrected chi connectivity index (χ0v) is 14.2. The number of halogens is 3. The molecular formula is C16H14F3N7O. The van der Waals surface area contributed by atoms with Crippen LogP contribution in [0.1, 0.15) is 5.69 Å². The summed E-state index contributed by atoms with van der Waals surface area (Å²) < 4.78 is 40.4. The maximum atomic E-state index is 12.9. The van der Waals surface area contributed by atoms with E-state index >= 15 is 0 Å². The van der Waals surface area contributed by atoms with E-state index in [9.17, 15) is 18.0 Å². The standard InChI is InChI=1S/C16H14F3N7O/c1-24-9-23-13-14(24)21-8-22-15(13)25-4-5-26(12(27)7-25)10-2-3-20-11(6-10)16(17,18)19/h2-3,6,8-9H,4-5,7H2,1H3. The Labute approximate surface area is 151 Å². The van der Waals surface area contributed by atoms with E-state index in [0.29, 0.717) is 23.5 Å². The minimum atomic E-state index is -4.56. The van der Waals surface area contributed by atoms with Crippen molar-refractivity contribution in [3.63, 3.8) is 0 Å². The minimum Gasteiger partial charge on any atom is -0.344 e. The van der Waals surface area contributed by atoms with Gasteiger partial charge in [-0.1, -0.05) is 0 Å². The molecule has 3 aromatic heterocycles. The summed E-state index contributed by atoms with van der Waals surface area (Å²) in [5.41, 5.74) is 0.359. The molecule has 140 valence electrons. The number of anilines is 2. The molecule has 1 aliphatic rings. The van der Waals surface area contributed by atoms with E-state index < -0.39 is 11.9 Å². The van der Waals surface area contributed by atoms with Gasteiger partial charge in [0.1, 0.15) is 12.0 Å². The molecule has 1 aliphatic heterocycles. The van der Waals surface area contributed by atoms with Crippen LogP contribution in [0.4, 0.5) is 24.7 Å². The van der Waals surface area contributed by atoms with Crippen LogP contribution in [-0.2, 0) is 18.0 Å². The number of rotatable bonds is 2. The number of nitrogens with zero attached hydrogens (tertiary/aromatic N) is 7. The highest BCUT2D eigenvalue weighted by molar-refractivity contribution is 5.98. The Morgan fingerprint density at radius 1 is 1.11 bits per heavy atom. The summed E-state index contributed by atoms with van der Waals surface area (Å²) in [5, 5.41) is 0. The number of alkyl halides is 3. The van der Waals surface area contributed by atoms with Crippen molar-refractivity contribution in [1.29, 1.82) is 0 Å². The summed E-state index contributed by atoms with van der Waals surface area (Å²) in [6.45, 7) is 0.600. The second-order valence-electron chi connectivity index (χ2n) is 6.09. The fraction of sp³-hybridized carbons (Fsp3) is 0.312. The highest BCUT2D eigenvalue weighted by Crippen LogP contribution is 2.31. The van der Waals surface area contributed by atoms with E-state index in [1.807, 2.05) is 0 Å². The Morgan fingerprint density at radius 3 is 2.67 bits per heavy atom. The van der Waals surface area contributed by atoms with E-state index in [1.165, 1.54) is 17.3 Å². The van der Waals surface area contributed by atoms with Gasteiger partial charge in [-0.15, -0.1) is 0 Å². The van der Waals surface area contributed by atoms with E-state index in [4.69, 9.17) is 0 Å². The number of piperazine rings is 1. The fourth-order valence-corrected chi connectivity index (χ4v) is 3.03. The average molecular weight is 377 g/mol. The van der Waals surface area contributed by atoms with Gasteiger partial charge in [-0.05, 0) is 12.1 Å². The van der Waals surface area contributed by atoms with Crippen LogP contribution in [0.5, 0.6) is 0 Å². The average Bonchev–Trinajstić information content (AvgIpc) is 3.02. The number of imidazole rings is 1. The first-order valence-corrected chi connectivity index (χ1v) is 8.05. The van der Waals surface area contributed by atoms with Gasteiger partial charge in [-0.2, -0.15) is 13.2 Å². The van der Waals surface area contributed by atoms with Crippen LogP contribution >= 0.6 is 0 Å². The highest BCUT2D eigenvalue weighted by Gasteiger charge is 2.34. The van der Waals surface area contributed by atoms with Crippen LogP contribution in [0.25, 0.3) is 11.2 Å². The highest BCUT2D eigenvalue weighted by atomic mass is 19.4. The number of carbonyl (C=O) groups is 1. The van der Waals surface area contributed by atoms with E-state index in [0.717, 1.165) is 12.3 Å². The molecule has 0 atom stereocenters. The zero-order valence-electron chi connectivity index (χ0n) is 14.2. The fourth-order valence-electron chi connectivity index (χ4n) is 3.03. The number of fused-ring (bicyclic) bond motifs is 1. The molecule has 11 heteroatoms. The van der Waals surface area contributed by atoms with E-state index in [2.05, 4.69) is 19.9 Å². The molecule has 0 saturated carbocycles. The van der Waals surface area contributed by atoms with Gasteiger partial charge in [-0.25, -0.2) is 15.0 Å². The Morgan fingerprint density at radius 2 is 1.93 bits per heavy atom. The topological polar surface area (TPSA) is 80.0 Å². The van der Waals surface area contributed by atoms with Crippen molar-refractivity contribution in [2.24, 2.45) is 7.05 Å². The summed E-state index contributed by atoms with van der Waals surface area (Å²) in [7, 11) is 1.80. The van der Waals surface area contributed by atoms with Crippen molar-refractivity contribution in [2.45, 2.75) is 6.18 Å². The van der Waals surface area contributed by atoms with Crippen molar-refractivity contribution in [3.8, 4) is 0 Å². The van der Waals surface area contributed by atoms with Crippen LogP contribution in [0.2, 0.25) is 0 Å². The lowest BCUT2D eigenvalue weighted by atomic mass is 10.2. The Kier molecular flexibility index (Phi) is 3.93. The Bertz CT molecular complexity index is 1020. The molecule has 0 unspecified atom stereocenters. The van der Waals surface area contributed by atoms with Crippen molar-refractivity contribution >= 4 is 28.6 Å². The molecular weight excluding hydrogens is 363 g/mol. The third-order valence-electron chi connectivity index (χ3n) is 4.34. The van der Waals surface area contributed by atoms with Gasteiger partial charge in [0.15, 0.2) is 17.0 Å². The second kappa shape index (κ2) is 6.18. The molecule has 4 heterocycles. The molecule has 0 N–H and O–H groups in total. The van der Waals surface area contributed by atoms with Crippen molar-refractivity contribution in [2.75, 3.05) is 29.4 Å². The zero-order chi connectivity index (χ0) is 19.2. The largest absolute Gasteiger partial charge is 0.433 e. The van der Waals surface area contributed by atoms with Crippen LogP contribution in [0.15, 0.2) is 31.0 Å². The van der Waals surface area contributed by atoms with Crippen LogP contribution in [0.3, 0.4) is 0 Å². The molecule has 1 saturated heterocycles. The van der Waals surface area contributed by atoms with Gasteiger partial charge in [-0.3, -0.25) is 9.78 Å². The van der Waals surface area contributed by atoms with Gasteiger partial charge in [0.05, 0.1) is 12.9 Å². The van der Waals surface area contributed by atoms with Crippen LogP contribution < -0.4 is 9.80 Å². The predicted molar refractivity (Wildman–Crippen MR) is 90.1 cm³/mol. The minimum absolute atomic E-state index is 0.0215. The van der Waals surface area contributed by atoms with Gasteiger partial charge < -0.3 is 14.4 Å². The van der Waals surface area contributed by atoms with Crippen molar-refractivity contribution < 1.29 is 18.0 Å². The van der Waals surface area contributed by atoms with E-state index in [-0.39, 0.29) is 24.7 Å². The van der Waals surface area contributed by atoms with Crippen molar-refractivity contribution in [1.82, 2.24) is 24.5 Å². The third-order valence-corrected chi connectivity index (χ3v) is 4.34. The summed E-state index contributed by atoms with van der Waals surface area (Å²) in [6.07, 6.45) is -0.503. The molecule has 27 heavy (non-hydrogen) atoms. The van der Waals surface area contributed by atoms with Crippen LogP contribution in [-0.4, -0.2) is 50.0 Å². The van der Waals surface area contributed by atoms with Gasteiger partial charge in [0.2, 0.25) is 5.91 Å².